The van der Waals surface area contributed by atoms with Crippen molar-refractivity contribution in [2.45, 2.75) is 84.3 Å². The van der Waals surface area contributed by atoms with E-state index in [9.17, 15) is 4.79 Å². The topological polar surface area (TPSA) is 38.3 Å². The van der Waals surface area contributed by atoms with E-state index in [0.717, 1.165) is 19.3 Å². The van der Waals surface area contributed by atoms with Crippen LogP contribution < -0.4 is 5.32 Å². The van der Waals surface area contributed by atoms with Crippen molar-refractivity contribution in [1.29, 1.82) is 0 Å². The number of unbranched alkanes of at least 4 members (excludes halogenated alkanes) is 6. The van der Waals surface area contributed by atoms with Crippen LogP contribution in [0.2, 0.25) is 0 Å². The average molecular weight is 269 g/mol. The molecule has 1 amide bonds. The molecule has 0 saturated heterocycles. The summed E-state index contributed by atoms with van der Waals surface area (Å²) in [4.78, 5) is 11.5. The normalized spacial score (nSPS) is 11.9. The number of amides is 1. The molecule has 112 valence electrons. The number of ether oxygens (including phenoxy) is 1. The first-order chi connectivity index (χ1) is 9.24. The number of carbonyl (C=O) groups is 1. The van der Waals surface area contributed by atoms with Crippen LogP contribution in [0, 0.1) is 0 Å². The lowest BCUT2D eigenvalue weighted by molar-refractivity contribution is -0.124. The van der Waals surface area contributed by atoms with Crippen LogP contribution in [0.4, 0.5) is 0 Å². The fraction of sp³-hybridized carbons (Fsp3) is 0.812. The van der Waals surface area contributed by atoms with Gasteiger partial charge in [-0.3, -0.25) is 4.79 Å². The smallest absolute Gasteiger partial charge is 0.222 e. The van der Waals surface area contributed by atoms with E-state index in [1.165, 1.54) is 44.8 Å². The molecule has 0 bridgehead atoms. The monoisotopic (exact) mass is 269 g/mol. The molecule has 0 aliphatic heterocycles. The summed E-state index contributed by atoms with van der Waals surface area (Å²) in [5.41, 5.74) is 0. The van der Waals surface area contributed by atoms with Gasteiger partial charge in [0.2, 0.25) is 5.91 Å². The minimum atomic E-state index is -0.202. The van der Waals surface area contributed by atoms with Gasteiger partial charge >= 0.3 is 0 Å². The Labute approximate surface area is 118 Å². The molecule has 0 rings (SSSR count). The molecule has 3 nitrogen and oxygen atoms in total. The van der Waals surface area contributed by atoms with Gasteiger partial charge in [0.15, 0.2) is 6.23 Å². The van der Waals surface area contributed by atoms with Gasteiger partial charge in [0.05, 0.1) is 6.26 Å². The first kappa shape index (κ1) is 18.0. The van der Waals surface area contributed by atoms with E-state index in [-0.39, 0.29) is 12.1 Å². The Balaban J connectivity index is 3.64. The Morgan fingerprint density at radius 1 is 1.11 bits per heavy atom. The SMILES string of the molecule is C=COC(CCCCCCCCC)NC(=O)CCC. The van der Waals surface area contributed by atoms with E-state index in [4.69, 9.17) is 4.74 Å². The van der Waals surface area contributed by atoms with Crippen LogP contribution in [0.15, 0.2) is 12.8 Å². The Bertz CT molecular complexity index is 229. The molecule has 1 unspecified atom stereocenters. The molecule has 1 atom stereocenters. The van der Waals surface area contributed by atoms with E-state index < -0.39 is 0 Å². The van der Waals surface area contributed by atoms with Crippen molar-refractivity contribution in [2.24, 2.45) is 0 Å². The highest BCUT2D eigenvalue weighted by atomic mass is 16.5. The van der Waals surface area contributed by atoms with Gasteiger partial charge in [-0.05, 0) is 12.8 Å². The molecule has 0 radical (unpaired) electrons. The van der Waals surface area contributed by atoms with Gasteiger partial charge in [0, 0.05) is 12.8 Å². The third kappa shape index (κ3) is 11.8. The molecular formula is C16H31NO2. The highest BCUT2D eigenvalue weighted by Crippen LogP contribution is 2.10. The molecular weight excluding hydrogens is 238 g/mol. The van der Waals surface area contributed by atoms with Crippen LogP contribution in [0.1, 0.15) is 78.1 Å². The summed E-state index contributed by atoms with van der Waals surface area (Å²) in [5.74, 6) is 0.0669. The zero-order chi connectivity index (χ0) is 14.3. The van der Waals surface area contributed by atoms with Crippen LogP contribution in [0.25, 0.3) is 0 Å². The van der Waals surface area contributed by atoms with Gasteiger partial charge in [0.25, 0.3) is 0 Å². The highest BCUT2D eigenvalue weighted by molar-refractivity contribution is 5.75. The number of carbonyl (C=O) groups excluding carboxylic acids is 1. The molecule has 0 spiro atoms. The summed E-state index contributed by atoms with van der Waals surface area (Å²) >= 11 is 0. The van der Waals surface area contributed by atoms with Crippen molar-refractivity contribution in [3.8, 4) is 0 Å². The molecule has 0 heterocycles. The standard InChI is InChI=1S/C16H31NO2/c1-4-7-8-9-10-11-12-14-16(19-6-3)17-15(18)13-5-2/h6,16H,3-5,7-14H2,1-2H3,(H,17,18). The maximum absolute atomic E-state index is 11.5. The van der Waals surface area contributed by atoms with Crippen LogP contribution in [0.5, 0.6) is 0 Å². The van der Waals surface area contributed by atoms with Crippen molar-refractivity contribution in [1.82, 2.24) is 5.32 Å². The Morgan fingerprint density at radius 3 is 2.32 bits per heavy atom. The molecule has 0 aliphatic rings. The fourth-order valence-corrected chi connectivity index (χ4v) is 2.06. The summed E-state index contributed by atoms with van der Waals surface area (Å²) in [6.07, 6.45) is 12.4. The molecule has 0 saturated carbocycles. The van der Waals surface area contributed by atoms with Gasteiger partial charge in [-0.1, -0.05) is 59.0 Å². The number of hydrogen-bond acceptors (Lipinski definition) is 2. The molecule has 1 N–H and O–H groups in total. The largest absolute Gasteiger partial charge is 0.479 e. The van der Waals surface area contributed by atoms with Crippen LogP contribution in [0.3, 0.4) is 0 Å². The van der Waals surface area contributed by atoms with Gasteiger partial charge in [0.1, 0.15) is 0 Å². The van der Waals surface area contributed by atoms with Crippen molar-refractivity contribution in [2.75, 3.05) is 0 Å². The molecule has 0 aromatic rings. The Morgan fingerprint density at radius 2 is 1.74 bits per heavy atom. The second-order valence-electron chi connectivity index (χ2n) is 5.02. The summed E-state index contributed by atoms with van der Waals surface area (Å²) in [6, 6.07) is 0. The zero-order valence-electron chi connectivity index (χ0n) is 12.7. The van der Waals surface area contributed by atoms with E-state index in [1.54, 1.807) is 0 Å². The third-order valence-electron chi connectivity index (χ3n) is 3.13. The lowest BCUT2D eigenvalue weighted by Gasteiger charge is -2.18. The van der Waals surface area contributed by atoms with E-state index in [0.29, 0.717) is 6.42 Å². The van der Waals surface area contributed by atoms with Crippen LogP contribution >= 0.6 is 0 Å². The van der Waals surface area contributed by atoms with Crippen molar-refractivity contribution in [3.63, 3.8) is 0 Å². The maximum Gasteiger partial charge on any atom is 0.222 e. The van der Waals surface area contributed by atoms with Gasteiger partial charge in [-0.2, -0.15) is 0 Å². The summed E-state index contributed by atoms with van der Waals surface area (Å²) in [7, 11) is 0. The summed E-state index contributed by atoms with van der Waals surface area (Å²) in [5, 5.41) is 2.90. The molecule has 0 fully saturated rings. The first-order valence-corrected chi connectivity index (χ1v) is 7.80. The molecule has 19 heavy (non-hydrogen) atoms. The van der Waals surface area contributed by atoms with Crippen LogP contribution in [-0.4, -0.2) is 12.1 Å². The summed E-state index contributed by atoms with van der Waals surface area (Å²) < 4.78 is 5.34. The number of nitrogens with one attached hydrogen (secondary N) is 1. The minimum Gasteiger partial charge on any atom is -0.479 e. The predicted octanol–water partition coefficient (Wildman–Crippen LogP) is 4.53. The van der Waals surface area contributed by atoms with E-state index >= 15 is 0 Å². The second-order valence-corrected chi connectivity index (χ2v) is 5.02. The van der Waals surface area contributed by atoms with Crippen molar-refractivity contribution < 1.29 is 9.53 Å². The lowest BCUT2D eigenvalue weighted by atomic mass is 10.1. The molecule has 3 heteroatoms. The van der Waals surface area contributed by atoms with E-state index in [1.807, 2.05) is 6.92 Å². The summed E-state index contributed by atoms with van der Waals surface area (Å²) in [6.45, 7) is 7.79. The average Bonchev–Trinajstić information content (AvgIpc) is 2.38. The van der Waals surface area contributed by atoms with Gasteiger partial charge in [-0.25, -0.2) is 0 Å². The van der Waals surface area contributed by atoms with E-state index in [2.05, 4.69) is 18.8 Å². The predicted molar refractivity (Wildman–Crippen MR) is 80.7 cm³/mol. The Kier molecular flexibility index (Phi) is 12.7. The van der Waals surface area contributed by atoms with Crippen molar-refractivity contribution >= 4 is 5.91 Å². The van der Waals surface area contributed by atoms with Crippen molar-refractivity contribution in [3.05, 3.63) is 12.8 Å². The molecule has 0 aromatic carbocycles. The van der Waals surface area contributed by atoms with Gasteiger partial charge < -0.3 is 10.1 Å². The minimum absolute atomic E-state index is 0.0669. The fourth-order valence-electron chi connectivity index (χ4n) is 2.06. The maximum atomic E-state index is 11.5. The zero-order valence-corrected chi connectivity index (χ0v) is 12.7. The first-order valence-electron chi connectivity index (χ1n) is 7.80. The molecule has 0 aromatic heterocycles. The highest BCUT2D eigenvalue weighted by Gasteiger charge is 2.10. The van der Waals surface area contributed by atoms with Crippen LogP contribution in [-0.2, 0) is 9.53 Å². The molecule has 0 aliphatic carbocycles. The quantitative estimate of drug-likeness (QED) is 0.303. The Hall–Kier alpha value is -0.990. The number of rotatable bonds is 13. The lowest BCUT2D eigenvalue weighted by Crippen LogP contribution is -2.35. The number of hydrogen-bond donors (Lipinski definition) is 1. The third-order valence-corrected chi connectivity index (χ3v) is 3.13. The second kappa shape index (κ2) is 13.4. The van der Waals surface area contributed by atoms with Gasteiger partial charge in [-0.15, -0.1) is 0 Å².